The van der Waals surface area contributed by atoms with Crippen molar-refractivity contribution < 1.29 is 30.3 Å². The Hall–Kier alpha value is -0.530. The lowest BCUT2D eigenvalue weighted by molar-refractivity contribution is -0.136. The Morgan fingerprint density at radius 3 is 1.38 bits per heavy atom. The molecule has 0 aromatic carbocycles. The monoisotopic (exact) mass is 350 g/mol. The van der Waals surface area contributed by atoms with E-state index >= 15 is 0 Å². The molecule has 0 rings (SSSR count). The van der Waals surface area contributed by atoms with Crippen molar-refractivity contribution in [1.29, 1.82) is 0 Å². The Morgan fingerprint density at radius 2 is 1.08 bits per heavy atom. The molecule has 4 atom stereocenters. The summed E-state index contributed by atoms with van der Waals surface area (Å²) in [5, 5.41) is 43.5. The van der Waals surface area contributed by atoms with E-state index < -0.39 is 31.0 Å². The van der Waals surface area contributed by atoms with E-state index in [2.05, 4.69) is 13.8 Å². The van der Waals surface area contributed by atoms with Crippen LogP contribution in [-0.2, 0) is 4.79 Å². The zero-order chi connectivity index (χ0) is 18.8. The van der Waals surface area contributed by atoms with Gasteiger partial charge in [0.1, 0.15) is 24.4 Å². The molecule has 0 aromatic heterocycles. The van der Waals surface area contributed by atoms with Crippen LogP contribution in [-0.4, -0.2) is 62.8 Å². The van der Waals surface area contributed by atoms with Crippen LogP contribution in [0.25, 0.3) is 0 Å². The fraction of sp³-hybridized carbons (Fsp3) is 0.944. The molecule has 0 heterocycles. The molecule has 0 aromatic rings. The van der Waals surface area contributed by atoms with Gasteiger partial charge in [-0.2, -0.15) is 0 Å². The second-order valence-electron chi connectivity index (χ2n) is 6.19. The molecule has 0 aliphatic heterocycles. The first kappa shape index (κ1) is 25.7. The summed E-state index contributed by atoms with van der Waals surface area (Å²) in [4.78, 5) is 9.90. The average molecular weight is 350 g/mol. The molecule has 24 heavy (non-hydrogen) atoms. The van der Waals surface area contributed by atoms with Gasteiger partial charge in [-0.3, -0.25) is 0 Å². The normalized spacial score (nSPS) is 15.8. The van der Waals surface area contributed by atoms with Crippen LogP contribution in [0.2, 0.25) is 0 Å². The Bertz CT molecular complexity index is 252. The summed E-state index contributed by atoms with van der Waals surface area (Å²) in [5.74, 6) is 0. The number of aldehydes is 1. The summed E-state index contributed by atoms with van der Waals surface area (Å²) in [6, 6.07) is 0. The lowest BCUT2D eigenvalue weighted by atomic mass is 10.0. The van der Waals surface area contributed by atoms with E-state index in [0.717, 1.165) is 0 Å². The van der Waals surface area contributed by atoms with Gasteiger partial charge >= 0.3 is 0 Å². The molecule has 0 radical (unpaired) electrons. The van der Waals surface area contributed by atoms with E-state index in [1.54, 1.807) is 0 Å². The van der Waals surface area contributed by atoms with E-state index in [9.17, 15) is 4.79 Å². The number of rotatable bonds is 14. The van der Waals surface area contributed by atoms with Crippen molar-refractivity contribution in [2.75, 3.05) is 6.61 Å². The topological polar surface area (TPSA) is 118 Å². The van der Waals surface area contributed by atoms with E-state index in [1.165, 1.54) is 64.2 Å². The molecule has 6 nitrogen and oxygen atoms in total. The molecule has 6 heteroatoms. The maximum atomic E-state index is 9.90. The summed E-state index contributed by atoms with van der Waals surface area (Å²) in [5.41, 5.74) is 0. The Morgan fingerprint density at radius 1 is 0.708 bits per heavy atom. The minimum absolute atomic E-state index is 0.0258. The number of aliphatic hydroxyl groups is 5. The molecule has 0 aliphatic carbocycles. The lowest BCUT2D eigenvalue weighted by Gasteiger charge is -2.22. The molecule has 0 aliphatic rings. The second kappa shape index (κ2) is 18.8. The van der Waals surface area contributed by atoms with Gasteiger partial charge in [-0.25, -0.2) is 0 Å². The SMILES string of the molecule is CCCCCCCCCCCC.O=CC(O)C(O)C(O)C(O)CO. The zero-order valence-electron chi connectivity index (χ0n) is 15.3. The fourth-order valence-electron chi connectivity index (χ4n) is 2.18. The van der Waals surface area contributed by atoms with Crippen LogP contribution in [0.1, 0.15) is 78.1 Å². The fourth-order valence-corrected chi connectivity index (χ4v) is 2.18. The van der Waals surface area contributed by atoms with Crippen LogP contribution < -0.4 is 0 Å². The van der Waals surface area contributed by atoms with E-state index in [1.807, 2.05) is 0 Å². The van der Waals surface area contributed by atoms with Gasteiger partial charge in [0.25, 0.3) is 0 Å². The highest BCUT2D eigenvalue weighted by Gasteiger charge is 2.29. The van der Waals surface area contributed by atoms with Crippen molar-refractivity contribution in [3.8, 4) is 0 Å². The Balaban J connectivity index is 0. The summed E-state index contributed by atoms with van der Waals surface area (Å²) < 4.78 is 0. The van der Waals surface area contributed by atoms with Crippen molar-refractivity contribution in [2.24, 2.45) is 0 Å². The quantitative estimate of drug-likeness (QED) is 0.240. The number of hydrogen-bond acceptors (Lipinski definition) is 6. The van der Waals surface area contributed by atoms with Gasteiger partial charge < -0.3 is 30.3 Å². The third-order valence-electron chi connectivity index (χ3n) is 3.88. The lowest BCUT2D eigenvalue weighted by Crippen LogP contribution is -2.46. The smallest absolute Gasteiger partial charge is 0.151 e. The molecule has 0 fully saturated rings. The van der Waals surface area contributed by atoms with Gasteiger partial charge in [0.15, 0.2) is 6.29 Å². The van der Waals surface area contributed by atoms with Crippen molar-refractivity contribution in [3.63, 3.8) is 0 Å². The van der Waals surface area contributed by atoms with Crippen LogP contribution in [0.15, 0.2) is 0 Å². The average Bonchev–Trinajstić information content (AvgIpc) is 2.61. The molecule has 0 saturated heterocycles. The largest absolute Gasteiger partial charge is 0.394 e. The van der Waals surface area contributed by atoms with Gasteiger partial charge in [0, 0.05) is 0 Å². The van der Waals surface area contributed by atoms with Crippen LogP contribution in [0.5, 0.6) is 0 Å². The molecule has 0 spiro atoms. The summed E-state index contributed by atoms with van der Waals surface area (Å²) in [6.07, 6.45) is 7.60. The standard InChI is InChI=1S/C12H26.C6H12O6/c1-3-5-7-9-11-12-10-8-6-4-2;7-1-3(9)5(11)6(12)4(10)2-8/h3-12H2,1-2H3;1,3-6,8-12H,2H2. The molecule has 0 bridgehead atoms. The highest BCUT2D eigenvalue weighted by molar-refractivity contribution is 5.56. The van der Waals surface area contributed by atoms with Gasteiger partial charge in [-0.15, -0.1) is 0 Å². The number of carbonyl (C=O) groups excluding carboxylic acids is 1. The van der Waals surface area contributed by atoms with Crippen LogP contribution >= 0.6 is 0 Å². The molecule has 146 valence electrons. The predicted octanol–water partition coefficient (Wildman–Crippen LogP) is 1.55. The van der Waals surface area contributed by atoms with Crippen LogP contribution in [0.3, 0.4) is 0 Å². The summed E-state index contributed by atoms with van der Waals surface area (Å²) >= 11 is 0. The molecule has 5 N–H and O–H groups in total. The minimum atomic E-state index is -1.79. The van der Waals surface area contributed by atoms with Gasteiger partial charge in [-0.05, 0) is 0 Å². The van der Waals surface area contributed by atoms with Crippen LogP contribution in [0.4, 0.5) is 0 Å². The van der Waals surface area contributed by atoms with E-state index in [4.69, 9.17) is 25.5 Å². The Kier molecular flexibility index (Phi) is 20.1. The number of unbranched alkanes of at least 4 members (excludes halogenated alkanes) is 9. The highest BCUT2D eigenvalue weighted by atomic mass is 16.4. The van der Waals surface area contributed by atoms with Crippen molar-refractivity contribution in [3.05, 3.63) is 0 Å². The minimum Gasteiger partial charge on any atom is -0.394 e. The molecule has 0 amide bonds. The first-order valence-corrected chi connectivity index (χ1v) is 9.24. The van der Waals surface area contributed by atoms with E-state index in [0.29, 0.717) is 0 Å². The highest BCUT2D eigenvalue weighted by Crippen LogP contribution is 2.09. The second-order valence-corrected chi connectivity index (χ2v) is 6.19. The first-order chi connectivity index (χ1) is 11.5. The van der Waals surface area contributed by atoms with Crippen molar-refractivity contribution in [2.45, 2.75) is 102 Å². The van der Waals surface area contributed by atoms with Gasteiger partial charge in [0.05, 0.1) is 6.61 Å². The molecular weight excluding hydrogens is 312 g/mol. The van der Waals surface area contributed by atoms with E-state index in [-0.39, 0.29) is 6.29 Å². The number of aliphatic hydroxyl groups excluding tert-OH is 5. The third kappa shape index (κ3) is 15.0. The predicted molar refractivity (Wildman–Crippen MR) is 94.7 cm³/mol. The zero-order valence-corrected chi connectivity index (χ0v) is 15.3. The summed E-state index contributed by atoms with van der Waals surface area (Å²) in [7, 11) is 0. The molecule has 4 unspecified atom stereocenters. The third-order valence-corrected chi connectivity index (χ3v) is 3.88. The van der Waals surface area contributed by atoms with Crippen LogP contribution in [0, 0.1) is 0 Å². The van der Waals surface area contributed by atoms with Crippen molar-refractivity contribution in [1.82, 2.24) is 0 Å². The van der Waals surface area contributed by atoms with Crippen molar-refractivity contribution >= 4 is 6.29 Å². The molecular formula is C18H38O6. The maximum Gasteiger partial charge on any atom is 0.151 e. The number of hydrogen-bond donors (Lipinski definition) is 5. The Labute approximate surface area is 146 Å². The van der Waals surface area contributed by atoms with Gasteiger partial charge in [-0.1, -0.05) is 78.1 Å². The van der Waals surface area contributed by atoms with Gasteiger partial charge in [0.2, 0.25) is 0 Å². The first-order valence-electron chi connectivity index (χ1n) is 9.24. The maximum absolute atomic E-state index is 9.90. The molecule has 0 saturated carbocycles. The number of carbonyl (C=O) groups is 1. The summed E-state index contributed by atoms with van der Waals surface area (Å²) in [6.45, 7) is 3.80.